The average Bonchev–Trinajstić information content (AvgIpc) is 2.32. The van der Waals surface area contributed by atoms with E-state index in [-0.39, 0.29) is 5.38 Å². The Bertz CT molecular complexity index is 557. The van der Waals surface area contributed by atoms with Crippen LogP contribution >= 0.6 is 61.7 Å². The normalized spacial score (nSPS) is 12.4. The highest BCUT2D eigenvalue weighted by Crippen LogP contribution is 2.31. The predicted octanol–water partition coefficient (Wildman–Crippen LogP) is 6.23. The second-order valence-corrected chi connectivity index (χ2v) is 7.01. The molecule has 0 radical (unpaired) electrons. The summed E-state index contributed by atoms with van der Waals surface area (Å²) in [5, 5.41) is 0.662. The molecule has 4 heteroatoms. The van der Waals surface area contributed by atoms with Crippen molar-refractivity contribution in [3.63, 3.8) is 0 Å². The van der Waals surface area contributed by atoms with Crippen molar-refractivity contribution in [2.24, 2.45) is 0 Å². The van der Waals surface area contributed by atoms with Crippen LogP contribution in [0, 0.1) is 3.57 Å². The molecular formula is C14H10BrCl2I. The van der Waals surface area contributed by atoms with Crippen molar-refractivity contribution in [3.05, 3.63) is 66.7 Å². The van der Waals surface area contributed by atoms with E-state index in [0.29, 0.717) is 0 Å². The molecule has 0 saturated heterocycles. The second-order valence-electron chi connectivity index (χ2n) is 3.97. The fourth-order valence-corrected chi connectivity index (χ4v) is 3.62. The molecule has 2 rings (SSSR count). The molecule has 2 aromatic carbocycles. The lowest BCUT2D eigenvalue weighted by atomic mass is 10.0. The zero-order chi connectivity index (χ0) is 13.1. The van der Waals surface area contributed by atoms with Gasteiger partial charge in [0.15, 0.2) is 0 Å². The summed E-state index contributed by atoms with van der Waals surface area (Å²) in [5.41, 5.74) is 2.30. The van der Waals surface area contributed by atoms with Crippen LogP contribution in [0.5, 0.6) is 0 Å². The Hall–Kier alpha value is 0.230. The molecule has 18 heavy (non-hydrogen) atoms. The molecule has 0 bridgehead atoms. The molecule has 0 aliphatic carbocycles. The van der Waals surface area contributed by atoms with Gasteiger partial charge < -0.3 is 0 Å². The van der Waals surface area contributed by atoms with E-state index < -0.39 is 0 Å². The first kappa shape index (κ1) is 14.6. The highest BCUT2D eigenvalue weighted by Gasteiger charge is 2.13. The van der Waals surface area contributed by atoms with Crippen molar-refractivity contribution in [1.82, 2.24) is 0 Å². The van der Waals surface area contributed by atoms with Gasteiger partial charge in [-0.1, -0.05) is 39.7 Å². The van der Waals surface area contributed by atoms with Crippen LogP contribution in [-0.4, -0.2) is 0 Å². The van der Waals surface area contributed by atoms with Gasteiger partial charge in [0, 0.05) is 13.1 Å². The van der Waals surface area contributed by atoms with E-state index >= 15 is 0 Å². The molecule has 94 valence electrons. The Labute approximate surface area is 139 Å². The quantitative estimate of drug-likeness (QED) is 0.380. The molecule has 0 aliphatic rings. The van der Waals surface area contributed by atoms with Crippen molar-refractivity contribution in [3.8, 4) is 0 Å². The van der Waals surface area contributed by atoms with Crippen molar-refractivity contribution in [1.29, 1.82) is 0 Å². The molecule has 1 atom stereocenters. The molecule has 1 unspecified atom stereocenters. The maximum atomic E-state index is 6.49. The van der Waals surface area contributed by atoms with Crippen LogP contribution in [0.25, 0.3) is 0 Å². The van der Waals surface area contributed by atoms with Gasteiger partial charge in [0.05, 0.1) is 5.38 Å². The van der Waals surface area contributed by atoms with Crippen molar-refractivity contribution < 1.29 is 0 Å². The Morgan fingerprint density at radius 1 is 1.17 bits per heavy atom. The topological polar surface area (TPSA) is 0 Å². The third kappa shape index (κ3) is 3.86. The molecule has 0 amide bonds. The zero-order valence-electron chi connectivity index (χ0n) is 9.34. The van der Waals surface area contributed by atoms with Crippen LogP contribution in [0.1, 0.15) is 16.5 Å². The molecule has 0 aliphatic heterocycles. The van der Waals surface area contributed by atoms with Gasteiger partial charge in [0.2, 0.25) is 0 Å². The third-order valence-electron chi connectivity index (χ3n) is 2.60. The SMILES string of the molecule is Clc1ccc(I)c(C(Cl)Cc2cccc(Br)c2)c1. The monoisotopic (exact) mass is 454 g/mol. The number of rotatable bonds is 3. The Kier molecular flexibility index (Phi) is 5.36. The van der Waals surface area contributed by atoms with Crippen LogP contribution in [0.3, 0.4) is 0 Å². The number of alkyl halides is 1. The molecule has 0 saturated carbocycles. The highest BCUT2D eigenvalue weighted by molar-refractivity contribution is 14.1. The van der Waals surface area contributed by atoms with E-state index in [1.165, 1.54) is 5.56 Å². The standard InChI is InChI=1S/C14H10BrCl2I/c15-10-3-1-2-9(6-10)7-13(17)12-8-11(16)4-5-14(12)18/h1-6,8,13H,7H2. The Morgan fingerprint density at radius 3 is 2.67 bits per heavy atom. The predicted molar refractivity (Wildman–Crippen MR) is 90.6 cm³/mol. The van der Waals surface area contributed by atoms with Gasteiger partial charge in [0.25, 0.3) is 0 Å². The summed E-state index contributed by atoms with van der Waals surface area (Å²) < 4.78 is 2.22. The first-order valence-electron chi connectivity index (χ1n) is 5.40. The smallest absolute Gasteiger partial charge is 0.0636 e. The first-order valence-corrected chi connectivity index (χ1v) is 8.08. The van der Waals surface area contributed by atoms with Crippen molar-refractivity contribution >= 4 is 61.7 Å². The van der Waals surface area contributed by atoms with Gasteiger partial charge in [-0.2, -0.15) is 0 Å². The van der Waals surface area contributed by atoms with E-state index in [9.17, 15) is 0 Å². The van der Waals surface area contributed by atoms with E-state index in [1.54, 1.807) is 0 Å². The zero-order valence-corrected chi connectivity index (χ0v) is 14.6. The van der Waals surface area contributed by atoms with Crippen molar-refractivity contribution in [2.75, 3.05) is 0 Å². The van der Waals surface area contributed by atoms with Gasteiger partial charge in [-0.25, -0.2) is 0 Å². The maximum Gasteiger partial charge on any atom is 0.0636 e. The van der Waals surface area contributed by atoms with Gasteiger partial charge in [-0.15, -0.1) is 11.6 Å². The number of halogens is 4. The maximum absolute atomic E-state index is 6.49. The average molecular weight is 456 g/mol. The Balaban J connectivity index is 2.21. The first-order chi connectivity index (χ1) is 8.56. The second kappa shape index (κ2) is 6.60. The minimum absolute atomic E-state index is 0.0649. The van der Waals surface area contributed by atoms with E-state index in [4.69, 9.17) is 23.2 Å². The van der Waals surface area contributed by atoms with E-state index in [2.05, 4.69) is 50.7 Å². The lowest BCUT2D eigenvalue weighted by Crippen LogP contribution is -1.98. The molecule has 0 heterocycles. The molecular weight excluding hydrogens is 446 g/mol. The van der Waals surface area contributed by atoms with Gasteiger partial charge in [-0.05, 0) is 70.5 Å². The van der Waals surface area contributed by atoms with Crippen LogP contribution < -0.4 is 0 Å². The number of hydrogen-bond donors (Lipinski definition) is 0. The number of benzene rings is 2. The van der Waals surface area contributed by atoms with Crippen LogP contribution in [0.4, 0.5) is 0 Å². The van der Waals surface area contributed by atoms with Gasteiger partial charge >= 0.3 is 0 Å². The molecule has 0 N–H and O–H groups in total. The third-order valence-corrected chi connectivity index (χ3v) is 4.70. The van der Waals surface area contributed by atoms with E-state index in [0.717, 1.165) is 25.0 Å². The van der Waals surface area contributed by atoms with Gasteiger partial charge in [-0.3, -0.25) is 0 Å². The van der Waals surface area contributed by atoms with Gasteiger partial charge in [0.1, 0.15) is 0 Å². The van der Waals surface area contributed by atoms with Crippen LogP contribution in [0.15, 0.2) is 46.9 Å². The molecule has 0 nitrogen and oxygen atoms in total. The molecule has 2 aromatic rings. The summed E-state index contributed by atoms with van der Waals surface area (Å²) >= 11 is 18.3. The Morgan fingerprint density at radius 2 is 1.94 bits per heavy atom. The fourth-order valence-electron chi connectivity index (χ4n) is 1.74. The summed E-state index contributed by atoms with van der Waals surface area (Å²) in [5.74, 6) is 0. The molecule has 0 fully saturated rings. The molecule has 0 aromatic heterocycles. The molecule has 0 spiro atoms. The van der Waals surface area contributed by atoms with Crippen LogP contribution in [0.2, 0.25) is 5.02 Å². The van der Waals surface area contributed by atoms with Crippen LogP contribution in [-0.2, 0) is 6.42 Å². The summed E-state index contributed by atoms with van der Waals surface area (Å²) in [6.45, 7) is 0. The van der Waals surface area contributed by atoms with Crippen molar-refractivity contribution in [2.45, 2.75) is 11.8 Å². The lowest BCUT2D eigenvalue weighted by Gasteiger charge is -2.12. The number of hydrogen-bond acceptors (Lipinski definition) is 0. The lowest BCUT2D eigenvalue weighted by molar-refractivity contribution is 0.913. The summed E-state index contributed by atoms with van der Waals surface area (Å²) in [6, 6.07) is 14.0. The summed E-state index contributed by atoms with van der Waals surface area (Å²) in [7, 11) is 0. The largest absolute Gasteiger partial charge is 0.117 e. The summed E-state index contributed by atoms with van der Waals surface area (Å²) in [4.78, 5) is 0. The van der Waals surface area contributed by atoms with E-state index in [1.807, 2.05) is 30.3 Å². The minimum Gasteiger partial charge on any atom is -0.117 e. The highest BCUT2D eigenvalue weighted by atomic mass is 127. The fraction of sp³-hybridized carbons (Fsp3) is 0.143. The summed E-state index contributed by atoms with van der Waals surface area (Å²) in [6.07, 6.45) is 0.789. The minimum atomic E-state index is -0.0649.